The van der Waals surface area contributed by atoms with Crippen LogP contribution >= 0.6 is 0 Å². The van der Waals surface area contributed by atoms with E-state index >= 15 is 0 Å². The normalized spacial score (nSPS) is 22.8. The van der Waals surface area contributed by atoms with E-state index in [1.807, 2.05) is 0 Å². The van der Waals surface area contributed by atoms with Gasteiger partial charge in [-0.3, -0.25) is 0 Å². The van der Waals surface area contributed by atoms with Gasteiger partial charge < -0.3 is 9.94 Å². The van der Waals surface area contributed by atoms with Crippen LogP contribution in [0.1, 0.15) is 51.7 Å². The first-order chi connectivity index (χ1) is 9.12. The molecule has 1 aliphatic rings. The summed E-state index contributed by atoms with van der Waals surface area (Å²) in [6.45, 7) is 12.4. The highest BCUT2D eigenvalue weighted by atomic mass is 16.5. The van der Waals surface area contributed by atoms with Gasteiger partial charge in [-0.05, 0) is 58.7 Å². The van der Waals surface area contributed by atoms with Gasteiger partial charge in [-0.15, -0.1) is 0 Å². The molecule has 0 saturated carbocycles. The number of ether oxygens (including phenoxy) is 1. The van der Waals surface area contributed by atoms with Crippen molar-refractivity contribution in [2.45, 2.75) is 71.6 Å². The molecule has 112 valence electrons. The highest BCUT2D eigenvalue weighted by Gasteiger charge is 2.45. The molecule has 1 N–H and O–H groups in total. The molecule has 1 fully saturated rings. The van der Waals surface area contributed by atoms with Crippen molar-refractivity contribution in [2.75, 3.05) is 0 Å². The Kier molecular flexibility index (Phi) is 3.87. The van der Waals surface area contributed by atoms with Crippen molar-refractivity contribution in [2.24, 2.45) is 0 Å². The number of rotatable bonds is 2. The highest BCUT2D eigenvalue weighted by molar-refractivity contribution is 5.36. The van der Waals surface area contributed by atoms with Gasteiger partial charge in [0.1, 0.15) is 11.9 Å². The van der Waals surface area contributed by atoms with Gasteiger partial charge in [-0.2, -0.15) is 5.06 Å². The summed E-state index contributed by atoms with van der Waals surface area (Å²) in [6.07, 6.45) is 1.77. The molecular weight excluding hydrogens is 250 g/mol. The van der Waals surface area contributed by atoms with Crippen molar-refractivity contribution in [1.82, 2.24) is 5.06 Å². The Labute approximate surface area is 122 Å². The molecule has 0 aliphatic carbocycles. The third-order valence-electron chi connectivity index (χ3n) is 4.24. The van der Waals surface area contributed by atoms with Gasteiger partial charge in [0.2, 0.25) is 0 Å². The van der Waals surface area contributed by atoms with Gasteiger partial charge in [0.15, 0.2) is 0 Å². The lowest BCUT2D eigenvalue weighted by atomic mass is 9.80. The van der Waals surface area contributed by atoms with Gasteiger partial charge >= 0.3 is 0 Å². The summed E-state index contributed by atoms with van der Waals surface area (Å²) in [5.41, 5.74) is 1.83. The second-order valence-corrected chi connectivity index (χ2v) is 7.35. The number of hydroxylamine groups is 2. The maximum absolute atomic E-state index is 10.3. The fourth-order valence-corrected chi connectivity index (χ4v) is 3.28. The first kappa shape index (κ1) is 15.3. The molecule has 3 nitrogen and oxygen atoms in total. The zero-order chi connectivity index (χ0) is 15.1. The standard InChI is InChI=1S/C17H27NO2/c1-12-7-8-13(2)15(9-12)20-14-10-16(3,4)18(19)17(5,6)11-14/h7-9,14,19H,10-11H2,1-6H3. The lowest BCUT2D eigenvalue weighted by molar-refractivity contribution is -0.254. The van der Waals surface area contributed by atoms with E-state index in [0.29, 0.717) is 0 Å². The molecule has 0 spiro atoms. The van der Waals surface area contributed by atoms with Crippen LogP contribution in [0.2, 0.25) is 0 Å². The average Bonchev–Trinajstić information content (AvgIpc) is 2.30. The molecule has 1 aromatic rings. The summed E-state index contributed by atoms with van der Waals surface area (Å²) < 4.78 is 6.25. The first-order valence-corrected chi connectivity index (χ1v) is 7.35. The number of piperidine rings is 1. The smallest absolute Gasteiger partial charge is 0.122 e. The van der Waals surface area contributed by atoms with Gasteiger partial charge in [-0.1, -0.05) is 12.1 Å². The van der Waals surface area contributed by atoms with Gasteiger partial charge in [-0.25, -0.2) is 0 Å². The van der Waals surface area contributed by atoms with E-state index in [1.54, 1.807) is 0 Å². The van der Waals surface area contributed by atoms with Crippen LogP contribution in [0.5, 0.6) is 5.75 Å². The van der Waals surface area contributed by atoms with Crippen molar-refractivity contribution in [3.8, 4) is 5.75 Å². The Bertz CT molecular complexity index is 476. The van der Waals surface area contributed by atoms with Crippen LogP contribution in [0.15, 0.2) is 18.2 Å². The molecule has 1 aliphatic heterocycles. The summed E-state index contributed by atoms with van der Waals surface area (Å²) in [5, 5.41) is 11.8. The molecule has 0 unspecified atom stereocenters. The van der Waals surface area contributed by atoms with Crippen molar-refractivity contribution < 1.29 is 9.94 Å². The minimum Gasteiger partial charge on any atom is -0.490 e. The van der Waals surface area contributed by atoms with E-state index in [9.17, 15) is 5.21 Å². The Morgan fingerprint density at radius 1 is 1.10 bits per heavy atom. The van der Waals surface area contributed by atoms with E-state index in [-0.39, 0.29) is 17.2 Å². The third-order valence-corrected chi connectivity index (χ3v) is 4.24. The molecule has 1 heterocycles. The molecule has 0 bridgehead atoms. The lowest BCUT2D eigenvalue weighted by Crippen LogP contribution is -2.61. The predicted octanol–water partition coefficient (Wildman–Crippen LogP) is 4.09. The van der Waals surface area contributed by atoms with Gasteiger partial charge in [0.25, 0.3) is 0 Å². The van der Waals surface area contributed by atoms with E-state index in [4.69, 9.17) is 4.74 Å². The van der Waals surface area contributed by atoms with Crippen molar-refractivity contribution in [3.05, 3.63) is 29.3 Å². The molecule has 0 radical (unpaired) electrons. The zero-order valence-electron chi connectivity index (χ0n) is 13.5. The van der Waals surface area contributed by atoms with E-state index in [2.05, 4.69) is 59.7 Å². The molecule has 2 rings (SSSR count). The topological polar surface area (TPSA) is 32.7 Å². The number of aryl methyl sites for hydroxylation is 2. The molecular formula is C17H27NO2. The summed E-state index contributed by atoms with van der Waals surface area (Å²) in [6, 6.07) is 6.30. The van der Waals surface area contributed by atoms with Crippen LogP contribution in [-0.4, -0.2) is 27.5 Å². The molecule has 0 aromatic heterocycles. The molecule has 1 aromatic carbocycles. The monoisotopic (exact) mass is 277 g/mol. The number of hydrogen-bond acceptors (Lipinski definition) is 3. The van der Waals surface area contributed by atoms with Crippen molar-refractivity contribution in [1.29, 1.82) is 0 Å². The Morgan fingerprint density at radius 3 is 2.20 bits per heavy atom. The van der Waals surface area contributed by atoms with Crippen molar-refractivity contribution in [3.63, 3.8) is 0 Å². The Hall–Kier alpha value is -1.06. The van der Waals surface area contributed by atoms with Gasteiger partial charge in [0, 0.05) is 23.9 Å². The molecule has 3 heteroatoms. The minimum absolute atomic E-state index is 0.129. The minimum atomic E-state index is -0.274. The quantitative estimate of drug-likeness (QED) is 0.883. The lowest BCUT2D eigenvalue weighted by Gasteiger charge is -2.51. The largest absolute Gasteiger partial charge is 0.490 e. The zero-order valence-corrected chi connectivity index (χ0v) is 13.5. The number of hydrogen-bond donors (Lipinski definition) is 1. The highest BCUT2D eigenvalue weighted by Crippen LogP contribution is 2.38. The molecule has 1 saturated heterocycles. The third kappa shape index (κ3) is 2.99. The maximum atomic E-state index is 10.3. The van der Waals surface area contributed by atoms with Gasteiger partial charge in [0.05, 0.1) is 0 Å². The van der Waals surface area contributed by atoms with Crippen LogP contribution in [0.3, 0.4) is 0 Å². The van der Waals surface area contributed by atoms with Crippen LogP contribution in [-0.2, 0) is 0 Å². The first-order valence-electron chi connectivity index (χ1n) is 7.35. The van der Waals surface area contributed by atoms with Crippen LogP contribution in [0, 0.1) is 13.8 Å². The summed E-state index contributed by atoms with van der Waals surface area (Å²) in [5.74, 6) is 0.966. The van der Waals surface area contributed by atoms with E-state index in [1.165, 1.54) is 10.6 Å². The van der Waals surface area contributed by atoms with Crippen molar-refractivity contribution >= 4 is 0 Å². The Morgan fingerprint density at radius 2 is 1.65 bits per heavy atom. The fourth-order valence-electron chi connectivity index (χ4n) is 3.28. The average molecular weight is 277 g/mol. The van der Waals surface area contributed by atoms with E-state index in [0.717, 1.165) is 24.2 Å². The van der Waals surface area contributed by atoms with Crippen LogP contribution in [0.25, 0.3) is 0 Å². The molecule has 0 amide bonds. The predicted molar refractivity (Wildman–Crippen MR) is 81.3 cm³/mol. The summed E-state index contributed by atoms with van der Waals surface area (Å²) in [4.78, 5) is 0. The SMILES string of the molecule is Cc1ccc(C)c(OC2CC(C)(C)N(O)C(C)(C)C2)c1. The van der Waals surface area contributed by atoms with E-state index < -0.39 is 0 Å². The fraction of sp³-hybridized carbons (Fsp3) is 0.647. The molecule has 20 heavy (non-hydrogen) atoms. The summed E-state index contributed by atoms with van der Waals surface area (Å²) in [7, 11) is 0. The molecule has 0 atom stereocenters. The number of benzene rings is 1. The number of nitrogens with zero attached hydrogens (tertiary/aromatic N) is 1. The maximum Gasteiger partial charge on any atom is 0.122 e. The van der Waals surface area contributed by atoms with Crippen LogP contribution < -0.4 is 4.74 Å². The second kappa shape index (κ2) is 5.05. The summed E-state index contributed by atoms with van der Waals surface area (Å²) >= 11 is 0. The van der Waals surface area contributed by atoms with Crippen LogP contribution in [0.4, 0.5) is 0 Å². The second-order valence-electron chi connectivity index (χ2n) is 7.35. The Balaban J connectivity index is 2.20.